The third kappa shape index (κ3) is 2.85. The molecule has 0 bridgehead atoms. The number of ether oxygens (including phenoxy) is 2. The lowest BCUT2D eigenvalue weighted by atomic mass is 10.2. The van der Waals surface area contributed by atoms with Gasteiger partial charge in [0.05, 0.1) is 11.0 Å². The van der Waals surface area contributed by atoms with Crippen molar-refractivity contribution in [1.29, 1.82) is 0 Å². The lowest BCUT2D eigenvalue weighted by molar-refractivity contribution is -0.384. The Labute approximate surface area is 106 Å². The van der Waals surface area contributed by atoms with Gasteiger partial charge in [-0.2, -0.15) is 13.2 Å². The summed E-state index contributed by atoms with van der Waals surface area (Å²) in [4.78, 5) is 9.87. The highest BCUT2D eigenvalue weighted by atomic mass is 19.4. The summed E-state index contributed by atoms with van der Waals surface area (Å²) in [6.07, 6.45) is -8.79. The minimum atomic E-state index is -4.51. The Bertz CT molecular complexity index is 474. The van der Waals surface area contributed by atoms with Crippen LogP contribution in [-0.4, -0.2) is 23.3 Å². The van der Waals surface area contributed by atoms with E-state index in [1.54, 1.807) is 0 Å². The number of hydrogen-bond donors (Lipinski definition) is 0. The fourth-order valence-corrected chi connectivity index (χ4v) is 1.80. The summed E-state index contributed by atoms with van der Waals surface area (Å²) in [7, 11) is 0. The van der Waals surface area contributed by atoms with Crippen LogP contribution < -0.4 is 0 Å². The molecule has 8 heteroatoms. The molecule has 3 atom stereocenters. The third-order valence-electron chi connectivity index (χ3n) is 2.73. The first-order chi connectivity index (χ1) is 8.79. The molecule has 104 valence electrons. The van der Waals surface area contributed by atoms with Crippen molar-refractivity contribution in [2.75, 3.05) is 0 Å². The van der Waals surface area contributed by atoms with E-state index >= 15 is 0 Å². The number of benzene rings is 1. The molecule has 0 saturated carbocycles. The average molecular weight is 277 g/mol. The van der Waals surface area contributed by atoms with Crippen LogP contribution in [0.2, 0.25) is 0 Å². The predicted molar refractivity (Wildman–Crippen MR) is 57.3 cm³/mol. The molecular weight excluding hydrogens is 267 g/mol. The van der Waals surface area contributed by atoms with E-state index in [-0.39, 0.29) is 5.69 Å². The second-order valence-electron chi connectivity index (χ2n) is 4.12. The minimum Gasteiger partial charge on any atom is -0.342 e. The van der Waals surface area contributed by atoms with Crippen LogP contribution in [0.25, 0.3) is 0 Å². The number of halogens is 3. The molecule has 0 unspecified atom stereocenters. The molecule has 1 aromatic carbocycles. The molecule has 1 fully saturated rings. The number of rotatable bonds is 2. The van der Waals surface area contributed by atoms with E-state index in [2.05, 4.69) is 0 Å². The minimum absolute atomic E-state index is 0.151. The molecule has 1 heterocycles. The van der Waals surface area contributed by atoms with Crippen LogP contribution in [-0.2, 0) is 9.47 Å². The van der Waals surface area contributed by atoms with Crippen LogP contribution in [0.4, 0.5) is 18.9 Å². The molecule has 0 aliphatic carbocycles. The maximum absolute atomic E-state index is 12.6. The summed E-state index contributed by atoms with van der Waals surface area (Å²) >= 11 is 0. The fraction of sp³-hybridized carbons (Fsp3) is 0.455. The number of nitro groups is 1. The molecule has 0 amide bonds. The molecule has 0 spiro atoms. The molecule has 0 aromatic heterocycles. The highest BCUT2D eigenvalue weighted by Crippen LogP contribution is 2.39. The Balaban J connectivity index is 2.14. The SMILES string of the molecule is C[C@@H]1O[C@@H](c2ccc([N+](=O)[O-])cc2)O[C@@H]1C(F)(F)F. The van der Waals surface area contributed by atoms with Gasteiger partial charge in [-0.3, -0.25) is 10.1 Å². The second kappa shape index (κ2) is 4.78. The number of nitrogens with zero attached hydrogens (tertiary/aromatic N) is 1. The van der Waals surface area contributed by atoms with Crippen molar-refractivity contribution in [3.05, 3.63) is 39.9 Å². The zero-order valence-electron chi connectivity index (χ0n) is 9.76. The van der Waals surface area contributed by atoms with Crippen molar-refractivity contribution < 1.29 is 27.6 Å². The lowest BCUT2D eigenvalue weighted by Gasteiger charge is -2.16. The van der Waals surface area contributed by atoms with Crippen molar-refractivity contribution in [3.8, 4) is 0 Å². The number of non-ortho nitro benzene ring substituents is 1. The third-order valence-corrected chi connectivity index (χ3v) is 2.73. The molecule has 1 aromatic rings. The van der Waals surface area contributed by atoms with Crippen LogP contribution in [0, 0.1) is 10.1 Å². The van der Waals surface area contributed by atoms with Gasteiger partial charge in [0.2, 0.25) is 0 Å². The summed E-state index contributed by atoms with van der Waals surface area (Å²) in [6.45, 7) is 1.27. The van der Waals surface area contributed by atoms with Crippen LogP contribution in [0.5, 0.6) is 0 Å². The summed E-state index contributed by atoms with van der Waals surface area (Å²) in [5.41, 5.74) is 0.159. The van der Waals surface area contributed by atoms with Crippen LogP contribution in [0.1, 0.15) is 18.8 Å². The molecule has 0 N–H and O–H groups in total. The zero-order chi connectivity index (χ0) is 14.2. The molecule has 0 radical (unpaired) electrons. The highest BCUT2D eigenvalue weighted by Gasteiger charge is 2.51. The van der Waals surface area contributed by atoms with E-state index in [0.717, 1.165) is 0 Å². The lowest BCUT2D eigenvalue weighted by Crippen LogP contribution is -2.35. The van der Waals surface area contributed by atoms with E-state index in [4.69, 9.17) is 9.47 Å². The van der Waals surface area contributed by atoms with Gasteiger partial charge in [-0.05, 0) is 19.1 Å². The van der Waals surface area contributed by atoms with Crippen molar-refractivity contribution >= 4 is 5.69 Å². The number of nitro benzene ring substituents is 1. The molecule has 19 heavy (non-hydrogen) atoms. The normalized spacial score (nSPS) is 27.5. The molecule has 2 rings (SSSR count). The quantitative estimate of drug-likeness (QED) is 0.616. The standard InChI is InChI=1S/C11H10F3NO4/c1-6-9(11(12,13)14)19-10(18-6)7-2-4-8(5-3-7)15(16)17/h2-6,9-10H,1H3/t6-,9-,10+/m0/s1. The van der Waals surface area contributed by atoms with Crippen molar-refractivity contribution in [3.63, 3.8) is 0 Å². The first kappa shape index (κ1) is 13.8. The van der Waals surface area contributed by atoms with Crippen molar-refractivity contribution in [2.45, 2.75) is 31.6 Å². The van der Waals surface area contributed by atoms with Crippen molar-refractivity contribution in [1.82, 2.24) is 0 Å². The van der Waals surface area contributed by atoms with E-state index in [1.807, 2.05) is 0 Å². The smallest absolute Gasteiger partial charge is 0.342 e. The molecule has 1 aliphatic rings. The van der Waals surface area contributed by atoms with E-state index in [1.165, 1.54) is 31.2 Å². The van der Waals surface area contributed by atoms with Gasteiger partial charge in [0, 0.05) is 17.7 Å². The van der Waals surface area contributed by atoms with Gasteiger partial charge in [-0.25, -0.2) is 0 Å². The first-order valence-corrected chi connectivity index (χ1v) is 5.41. The van der Waals surface area contributed by atoms with Gasteiger partial charge in [0.1, 0.15) is 0 Å². The van der Waals surface area contributed by atoms with E-state index < -0.39 is 29.6 Å². The first-order valence-electron chi connectivity index (χ1n) is 5.41. The molecule has 5 nitrogen and oxygen atoms in total. The summed E-state index contributed by atoms with van der Waals surface area (Å²) in [5.74, 6) is 0. The van der Waals surface area contributed by atoms with Crippen molar-refractivity contribution in [2.24, 2.45) is 0 Å². The predicted octanol–water partition coefficient (Wildman–Crippen LogP) is 2.96. The van der Waals surface area contributed by atoms with E-state index in [9.17, 15) is 23.3 Å². The van der Waals surface area contributed by atoms with Gasteiger partial charge in [-0.15, -0.1) is 0 Å². The summed E-state index contributed by atoms with van der Waals surface area (Å²) in [5, 5.41) is 10.5. The van der Waals surface area contributed by atoms with Gasteiger partial charge < -0.3 is 9.47 Å². The number of alkyl halides is 3. The maximum Gasteiger partial charge on any atom is 0.417 e. The highest BCUT2D eigenvalue weighted by molar-refractivity contribution is 5.33. The van der Waals surface area contributed by atoms with Gasteiger partial charge >= 0.3 is 6.18 Å². The van der Waals surface area contributed by atoms with Crippen LogP contribution in [0.15, 0.2) is 24.3 Å². The Kier molecular flexibility index (Phi) is 3.46. The number of hydrogen-bond acceptors (Lipinski definition) is 4. The Morgan fingerprint density at radius 3 is 2.21 bits per heavy atom. The van der Waals surface area contributed by atoms with Gasteiger partial charge in [-0.1, -0.05) is 0 Å². The monoisotopic (exact) mass is 277 g/mol. The Hall–Kier alpha value is -1.67. The maximum atomic E-state index is 12.6. The van der Waals surface area contributed by atoms with Gasteiger partial charge in [0.15, 0.2) is 12.4 Å². The second-order valence-corrected chi connectivity index (χ2v) is 4.12. The van der Waals surface area contributed by atoms with E-state index in [0.29, 0.717) is 5.56 Å². The summed E-state index contributed by atoms with van der Waals surface area (Å²) in [6, 6.07) is 5.00. The Morgan fingerprint density at radius 2 is 1.79 bits per heavy atom. The van der Waals surface area contributed by atoms with Crippen LogP contribution >= 0.6 is 0 Å². The summed E-state index contributed by atoms with van der Waals surface area (Å²) < 4.78 is 47.6. The fourth-order valence-electron chi connectivity index (χ4n) is 1.80. The Morgan fingerprint density at radius 1 is 1.21 bits per heavy atom. The van der Waals surface area contributed by atoms with Crippen LogP contribution in [0.3, 0.4) is 0 Å². The van der Waals surface area contributed by atoms with Gasteiger partial charge in [0.25, 0.3) is 5.69 Å². The molecule has 1 aliphatic heterocycles. The largest absolute Gasteiger partial charge is 0.417 e. The molecular formula is C11H10F3NO4. The average Bonchev–Trinajstić information content (AvgIpc) is 2.71. The topological polar surface area (TPSA) is 61.6 Å². The zero-order valence-corrected chi connectivity index (χ0v) is 9.76. The molecule has 1 saturated heterocycles.